The van der Waals surface area contributed by atoms with Crippen LogP contribution < -0.4 is 10.1 Å². The molecule has 1 aromatic carbocycles. The predicted octanol–water partition coefficient (Wildman–Crippen LogP) is 3.75. The molecule has 0 bridgehead atoms. The molecule has 0 aliphatic heterocycles. The van der Waals surface area contributed by atoms with E-state index in [4.69, 9.17) is 4.74 Å². The molecule has 1 N–H and O–H groups in total. The van der Waals surface area contributed by atoms with E-state index in [9.17, 15) is 4.79 Å². The van der Waals surface area contributed by atoms with Crippen LogP contribution in [0.4, 0.5) is 0 Å². The van der Waals surface area contributed by atoms with Gasteiger partial charge in [-0.15, -0.1) is 11.3 Å². The lowest BCUT2D eigenvalue weighted by molar-refractivity contribution is 0.0951. The minimum atomic E-state index is -0.117. The summed E-state index contributed by atoms with van der Waals surface area (Å²) in [4.78, 5) is 17.8. The molecule has 0 spiro atoms. The zero-order valence-corrected chi connectivity index (χ0v) is 13.5. The summed E-state index contributed by atoms with van der Waals surface area (Å²) >= 11 is 1.64. The second-order valence-corrected chi connectivity index (χ2v) is 5.85. The van der Waals surface area contributed by atoms with E-state index in [1.165, 1.54) is 0 Å². The Labute approximate surface area is 138 Å². The van der Waals surface area contributed by atoms with Crippen LogP contribution >= 0.6 is 11.3 Å². The molecular weight excluding hydrogens is 308 g/mol. The summed E-state index contributed by atoms with van der Waals surface area (Å²) in [5, 5.41) is 4.96. The average molecular weight is 324 g/mol. The Morgan fingerprint density at radius 2 is 2.00 bits per heavy atom. The van der Waals surface area contributed by atoms with Crippen molar-refractivity contribution in [3.05, 3.63) is 71.2 Å². The maximum atomic E-state index is 12.2. The molecule has 0 unspecified atom stereocenters. The number of hydrogen-bond acceptors (Lipinski definition) is 4. The molecule has 0 saturated heterocycles. The van der Waals surface area contributed by atoms with E-state index < -0.39 is 0 Å². The lowest BCUT2D eigenvalue weighted by Gasteiger charge is -2.09. The van der Waals surface area contributed by atoms with E-state index in [0.717, 1.165) is 21.9 Å². The van der Waals surface area contributed by atoms with Crippen LogP contribution in [0.5, 0.6) is 5.75 Å². The first kappa shape index (κ1) is 15.2. The third-order valence-corrected chi connectivity index (χ3v) is 4.31. The first-order valence-electron chi connectivity index (χ1n) is 7.18. The van der Waals surface area contributed by atoms with Crippen molar-refractivity contribution in [2.75, 3.05) is 7.11 Å². The molecule has 23 heavy (non-hydrogen) atoms. The average Bonchev–Trinajstić information content (AvgIpc) is 3.14. The largest absolute Gasteiger partial charge is 0.497 e. The van der Waals surface area contributed by atoms with Crippen LogP contribution in [0, 0.1) is 0 Å². The number of thiophene rings is 1. The number of hydrogen-bond donors (Lipinski definition) is 1. The maximum absolute atomic E-state index is 12.2. The molecule has 3 rings (SSSR count). The molecule has 4 nitrogen and oxygen atoms in total. The highest BCUT2D eigenvalue weighted by Crippen LogP contribution is 2.25. The maximum Gasteiger partial charge on any atom is 0.251 e. The molecule has 0 fully saturated rings. The second-order valence-electron chi connectivity index (χ2n) is 4.90. The zero-order valence-electron chi connectivity index (χ0n) is 12.7. The topological polar surface area (TPSA) is 51.2 Å². The third-order valence-electron chi connectivity index (χ3n) is 3.44. The van der Waals surface area contributed by atoms with Crippen molar-refractivity contribution in [3.8, 4) is 16.3 Å². The highest BCUT2D eigenvalue weighted by atomic mass is 32.1. The van der Waals surface area contributed by atoms with Gasteiger partial charge in [0.25, 0.3) is 5.91 Å². The Balaban J connectivity index is 1.72. The van der Waals surface area contributed by atoms with E-state index in [0.29, 0.717) is 12.1 Å². The molecule has 2 aromatic heterocycles. The molecule has 0 aliphatic carbocycles. The Hall–Kier alpha value is -2.66. The third kappa shape index (κ3) is 3.57. The van der Waals surface area contributed by atoms with Crippen LogP contribution in [0.1, 0.15) is 15.9 Å². The number of methoxy groups -OCH3 is 1. The van der Waals surface area contributed by atoms with Crippen molar-refractivity contribution in [2.45, 2.75) is 6.54 Å². The van der Waals surface area contributed by atoms with Crippen LogP contribution in [-0.2, 0) is 6.54 Å². The van der Waals surface area contributed by atoms with Gasteiger partial charge in [-0.3, -0.25) is 9.78 Å². The number of amides is 1. The van der Waals surface area contributed by atoms with Gasteiger partial charge in [-0.25, -0.2) is 0 Å². The fraction of sp³-hybridized carbons (Fsp3) is 0.111. The van der Waals surface area contributed by atoms with Gasteiger partial charge in [0, 0.05) is 18.3 Å². The molecule has 0 radical (unpaired) electrons. The zero-order chi connectivity index (χ0) is 16.1. The number of nitrogens with one attached hydrogen (secondary N) is 1. The van der Waals surface area contributed by atoms with Crippen molar-refractivity contribution in [3.63, 3.8) is 0 Å². The summed E-state index contributed by atoms with van der Waals surface area (Å²) in [6.07, 6.45) is 1.77. The molecule has 0 saturated carbocycles. The minimum absolute atomic E-state index is 0.117. The minimum Gasteiger partial charge on any atom is -0.497 e. The first-order valence-corrected chi connectivity index (χ1v) is 8.06. The second kappa shape index (κ2) is 7.07. The smallest absolute Gasteiger partial charge is 0.251 e. The quantitative estimate of drug-likeness (QED) is 0.777. The van der Waals surface area contributed by atoms with Crippen molar-refractivity contribution >= 4 is 17.2 Å². The van der Waals surface area contributed by atoms with Gasteiger partial charge in [-0.05, 0) is 47.3 Å². The van der Waals surface area contributed by atoms with Crippen molar-refractivity contribution in [2.24, 2.45) is 0 Å². The number of ether oxygens (including phenoxy) is 1. The van der Waals surface area contributed by atoms with Gasteiger partial charge in [-0.1, -0.05) is 12.1 Å². The first-order chi connectivity index (χ1) is 11.3. The fourth-order valence-corrected chi connectivity index (χ4v) is 2.99. The highest BCUT2D eigenvalue weighted by Gasteiger charge is 2.10. The Bertz CT molecular complexity index is 783. The van der Waals surface area contributed by atoms with Crippen LogP contribution in [0.15, 0.2) is 60.1 Å². The lowest BCUT2D eigenvalue weighted by Crippen LogP contribution is -2.23. The SMILES string of the molecule is COc1ccc(C(=O)NCc2cccnc2-c2cccs2)cc1. The fourth-order valence-electron chi connectivity index (χ4n) is 2.24. The molecule has 3 aromatic rings. The number of rotatable bonds is 5. The van der Waals surface area contributed by atoms with Gasteiger partial charge in [0.05, 0.1) is 17.7 Å². The van der Waals surface area contributed by atoms with E-state index >= 15 is 0 Å². The molecule has 116 valence electrons. The number of benzene rings is 1. The van der Waals surface area contributed by atoms with Crippen LogP contribution in [0.3, 0.4) is 0 Å². The van der Waals surface area contributed by atoms with Crippen molar-refractivity contribution in [1.29, 1.82) is 0 Å². The van der Waals surface area contributed by atoms with Crippen LogP contribution in [0.2, 0.25) is 0 Å². The normalized spacial score (nSPS) is 10.3. The molecule has 1 amide bonds. The van der Waals surface area contributed by atoms with Crippen molar-refractivity contribution < 1.29 is 9.53 Å². The predicted molar refractivity (Wildman–Crippen MR) is 91.7 cm³/mol. The van der Waals surface area contributed by atoms with Gasteiger partial charge in [0.15, 0.2) is 0 Å². The summed E-state index contributed by atoms with van der Waals surface area (Å²) in [6, 6.07) is 14.9. The van der Waals surface area contributed by atoms with Gasteiger partial charge >= 0.3 is 0 Å². The van der Waals surface area contributed by atoms with Gasteiger partial charge in [-0.2, -0.15) is 0 Å². The number of aromatic nitrogens is 1. The molecular formula is C18H16N2O2S. The molecule has 0 aliphatic rings. The number of pyridine rings is 1. The lowest BCUT2D eigenvalue weighted by atomic mass is 10.1. The highest BCUT2D eigenvalue weighted by molar-refractivity contribution is 7.13. The number of carbonyl (C=O) groups is 1. The number of carbonyl (C=O) groups excluding carboxylic acids is 1. The summed E-state index contributed by atoms with van der Waals surface area (Å²) in [5.74, 6) is 0.613. The van der Waals surface area contributed by atoms with E-state index in [-0.39, 0.29) is 5.91 Å². The molecule has 5 heteroatoms. The summed E-state index contributed by atoms with van der Waals surface area (Å²) in [7, 11) is 1.60. The Morgan fingerprint density at radius 1 is 1.17 bits per heavy atom. The number of nitrogens with zero attached hydrogens (tertiary/aromatic N) is 1. The van der Waals surface area contributed by atoms with E-state index in [1.807, 2.05) is 29.6 Å². The summed E-state index contributed by atoms with van der Waals surface area (Å²) < 4.78 is 5.10. The standard InChI is InChI=1S/C18H16N2O2S/c1-22-15-8-6-13(7-9-15)18(21)20-12-14-4-2-10-19-17(14)16-5-3-11-23-16/h2-11H,12H2,1H3,(H,20,21). The van der Waals surface area contributed by atoms with E-state index in [1.54, 1.807) is 48.9 Å². The molecule has 2 heterocycles. The monoisotopic (exact) mass is 324 g/mol. The van der Waals surface area contributed by atoms with Crippen LogP contribution in [0.25, 0.3) is 10.6 Å². The Morgan fingerprint density at radius 3 is 2.70 bits per heavy atom. The Kier molecular flexibility index (Phi) is 4.68. The van der Waals surface area contributed by atoms with Crippen molar-refractivity contribution in [1.82, 2.24) is 10.3 Å². The van der Waals surface area contributed by atoms with Gasteiger partial charge in [0.1, 0.15) is 5.75 Å². The van der Waals surface area contributed by atoms with E-state index in [2.05, 4.69) is 10.3 Å². The van der Waals surface area contributed by atoms with Crippen LogP contribution in [-0.4, -0.2) is 18.0 Å². The van der Waals surface area contributed by atoms with Gasteiger partial charge in [0.2, 0.25) is 0 Å². The summed E-state index contributed by atoms with van der Waals surface area (Å²) in [5.41, 5.74) is 2.52. The summed E-state index contributed by atoms with van der Waals surface area (Å²) in [6.45, 7) is 0.436. The molecule has 0 atom stereocenters. The van der Waals surface area contributed by atoms with Gasteiger partial charge < -0.3 is 10.1 Å².